The monoisotopic (exact) mass is 316 g/mol. The zero-order valence-electron chi connectivity index (χ0n) is 15.1. The zero-order chi connectivity index (χ0) is 17.2. The zero-order valence-corrected chi connectivity index (χ0v) is 15.1. The van der Waals surface area contributed by atoms with Crippen LogP contribution in [0.4, 0.5) is 0 Å². The molecule has 0 heterocycles. The summed E-state index contributed by atoms with van der Waals surface area (Å²) >= 11 is 0. The lowest BCUT2D eigenvalue weighted by molar-refractivity contribution is -0.177. The number of ketones is 1. The summed E-state index contributed by atoms with van der Waals surface area (Å²) < 4.78 is 5.88. The second-order valence-electron chi connectivity index (χ2n) is 8.50. The summed E-state index contributed by atoms with van der Waals surface area (Å²) in [6.07, 6.45) is 5.31. The highest BCUT2D eigenvalue weighted by Crippen LogP contribution is 2.71. The molecule has 126 valence electrons. The average molecular weight is 316 g/mol. The van der Waals surface area contributed by atoms with Gasteiger partial charge in [0.2, 0.25) is 0 Å². The molecule has 0 unspecified atom stereocenters. The van der Waals surface area contributed by atoms with Crippen LogP contribution in [-0.2, 0) is 14.3 Å². The highest BCUT2D eigenvalue weighted by atomic mass is 16.5. The third-order valence-corrected chi connectivity index (χ3v) is 6.94. The van der Waals surface area contributed by atoms with Crippen LogP contribution in [0.1, 0.15) is 54.4 Å². The Bertz CT molecular complexity index is 625. The van der Waals surface area contributed by atoms with E-state index in [0.717, 1.165) is 12.8 Å². The van der Waals surface area contributed by atoms with E-state index in [1.807, 2.05) is 13.0 Å². The lowest BCUT2D eigenvalue weighted by Gasteiger charge is -2.65. The molecule has 3 saturated carbocycles. The van der Waals surface area contributed by atoms with Gasteiger partial charge >= 0.3 is 5.97 Å². The van der Waals surface area contributed by atoms with E-state index in [9.17, 15) is 9.59 Å². The summed E-state index contributed by atoms with van der Waals surface area (Å²) in [4.78, 5) is 24.8. The SMILES string of the molecule is C/C=C(/C)C(=O)O[C@@H]1CC[C@@]2(C)[C@@H]3C(=O)C=C(C)[C@H]2[C@@H]3C1(C)C. The number of hydrogen-bond donors (Lipinski definition) is 0. The topological polar surface area (TPSA) is 43.4 Å². The summed E-state index contributed by atoms with van der Waals surface area (Å²) in [6.45, 7) is 12.3. The largest absolute Gasteiger partial charge is 0.458 e. The van der Waals surface area contributed by atoms with Gasteiger partial charge in [-0.1, -0.05) is 32.4 Å². The maximum absolute atomic E-state index is 12.6. The van der Waals surface area contributed by atoms with E-state index in [-0.39, 0.29) is 40.5 Å². The van der Waals surface area contributed by atoms with Crippen LogP contribution < -0.4 is 0 Å². The second-order valence-corrected chi connectivity index (χ2v) is 8.50. The molecule has 4 aliphatic carbocycles. The Hall–Kier alpha value is -1.38. The van der Waals surface area contributed by atoms with Crippen molar-refractivity contribution in [3.63, 3.8) is 0 Å². The van der Waals surface area contributed by atoms with Gasteiger partial charge in [0.1, 0.15) is 6.10 Å². The van der Waals surface area contributed by atoms with Crippen molar-refractivity contribution in [2.45, 2.75) is 60.5 Å². The average Bonchev–Trinajstić information content (AvgIpc) is 2.60. The first-order chi connectivity index (χ1) is 10.6. The smallest absolute Gasteiger partial charge is 0.333 e. The van der Waals surface area contributed by atoms with Gasteiger partial charge in [0.05, 0.1) is 0 Å². The molecular weight excluding hydrogens is 288 g/mol. The Balaban J connectivity index is 1.94. The number of carbonyl (C=O) groups excluding carboxylic acids is 2. The first kappa shape index (κ1) is 16.5. The summed E-state index contributed by atoms with van der Waals surface area (Å²) in [6, 6.07) is 0. The van der Waals surface area contributed by atoms with Gasteiger partial charge in [-0.2, -0.15) is 0 Å². The van der Waals surface area contributed by atoms with Crippen LogP contribution in [-0.4, -0.2) is 17.9 Å². The molecule has 4 rings (SSSR count). The van der Waals surface area contributed by atoms with Crippen LogP contribution in [0.5, 0.6) is 0 Å². The van der Waals surface area contributed by atoms with Crippen molar-refractivity contribution >= 4 is 11.8 Å². The first-order valence-electron chi connectivity index (χ1n) is 8.70. The lowest BCUT2D eigenvalue weighted by atomic mass is 9.38. The van der Waals surface area contributed by atoms with Crippen molar-refractivity contribution < 1.29 is 14.3 Å². The number of esters is 1. The van der Waals surface area contributed by atoms with Gasteiger partial charge in [-0.05, 0) is 56.9 Å². The molecule has 0 aromatic carbocycles. The van der Waals surface area contributed by atoms with E-state index < -0.39 is 0 Å². The van der Waals surface area contributed by atoms with Crippen LogP contribution in [0.25, 0.3) is 0 Å². The summed E-state index contributed by atoms with van der Waals surface area (Å²) in [5.74, 6) is 0.890. The highest BCUT2D eigenvalue weighted by molar-refractivity contribution is 5.96. The molecule has 0 amide bonds. The molecule has 23 heavy (non-hydrogen) atoms. The molecule has 0 spiro atoms. The summed E-state index contributed by atoms with van der Waals surface area (Å²) in [5.41, 5.74) is 1.74. The van der Waals surface area contributed by atoms with Crippen LogP contribution in [0.2, 0.25) is 0 Å². The maximum atomic E-state index is 12.6. The van der Waals surface area contributed by atoms with Crippen LogP contribution in [0.3, 0.4) is 0 Å². The van der Waals surface area contributed by atoms with Crippen molar-refractivity contribution in [3.05, 3.63) is 23.3 Å². The minimum Gasteiger partial charge on any atom is -0.458 e. The Morgan fingerprint density at radius 2 is 1.96 bits per heavy atom. The van der Waals surface area contributed by atoms with Crippen molar-refractivity contribution in [1.29, 1.82) is 0 Å². The minimum absolute atomic E-state index is 0.0502. The molecule has 3 fully saturated rings. The van der Waals surface area contributed by atoms with E-state index in [1.165, 1.54) is 5.57 Å². The van der Waals surface area contributed by atoms with E-state index in [2.05, 4.69) is 27.7 Å². The highest BCUT2D eigenvalue weighted by Gasteiger charge is 2.70. The molecule has 0 aromatic rings. The van der Waals surface area contributed by atoms with Crippen LogP contribution in [0, 0.1) is 28.6 Å². The van der Waals surface area contributed by atoms with Crippen LogP contribution in [0.15, 0.2) is 23.3 Å². The Morgan fingerprint density at radius 3 is 2.52 bits per heavy atom. The number of rotatable bonds is 2. The van der Waals surface area contributed by atoms with Gasteiger partial charge in [-0.15, -0.1) is 0 Å². The van der Waals surface area contributed by atoms with Crippen LogP contribution >= 0.6 is 0 Å². The standard InChI is InChI=1S/C20H28O3/c1-7-11(2)18(22)23-14-8-9-20(6)15-12(3)10-13(21)16(20)17(15)19(14,4)5/h7,10,14-17H,8-9H2,1-6H3/b11-7-/t14-,15+,16-,17+,20-/m1/s1. The molecular formula is C20H28O3. The maximum Gasteiger partial charge on any atom is 0.333 e. The molecule has 3 nitrogen and oxygen atoms in total. The normalized spacial score (nSPS) is 41.6. The fourth-order valence-corrected chi connectivity index (χ4v) is 5.55. The molecule has 0 N–H and O–H groups in total. The van der Waals surface area contributed by atoms with Crippen molar-refractivity contribution in [2.75, 3.05) is 0 Å². The number of ether oxygens (including phenoxy) is 1. The van der Waals surface area contributed by atoms with Gasteiger partial charge < -0.3 is 4.74 Å². The summed E-state index contributed by atoms with van der Waals surface area (Å²) in [7, 11) is 0. The van der Waals surface area contributed by atoms with Gasteiger partial charge in [0.25, 0.3) is 0 Å². The fourth-order valence-electron chi connectivity index (χ4n) is 5.55. The minimum atomic E-state index is -0.224. The molecule has 4 aliphatic rings. The van der Waals surface area contributed by atoms with Crippen molar-refractivity contribution in [2.24, 2.45) is 28.6 Å². The summed E-state index contributed by atoms with van der Waals surface area (Å²) in [5, 5.41) is 0. The number of fused-ring (bicyclic) bond motifs is 3. The van der Waals surface area contributed by atoms with Gasteiger partial charge in [-0.3, -0.25) is 4.79 Å². The van der Waals surface area contributed by atoms with Crippen molar-refractivity contribution in [3.8, 4) is 0 Å². The number of carbonyl (C=O) groups is 2. The predicted octanol–water partition coefficient (Wildman–Crippen LogP) is 4.08. The third-order valence-electron chi connectivity index (χ3n) is 6.94. The van der Waals surface area contributed by atoms with Gasteiger partial charge in [-0.25, -0.2) is 4.79 Å². The molecule has 5 atom stereocenters. The Labute approximate surface area is 139 Å². The van der Waals surface area contributed by atoms with E-state index in [0.29, 0.717) is 11.5 Å². The molecule has 0 saturated heterocycles. The predicted molar refractivity (Wildman–Crippen MR) is 89.7 cm³/mol. The first-order valence-corrected chi connectivity index (χ1v) is 8.70. The Morgan fingerprint density at radius 1 is 1.30 bits per heavy atom. The Kier molecular flexibility index (Phi) is 3.62. The van der Waals surface area contributed by atoms with Gasteiger partial charge in [0.15, 0.2) is 5.78 Å². The quantitative estimate of drug-likeness (QED) is 0.569. The second kappa shape index (κ2) is 5.06. The molecule has 4 bridgehead atoms. The number of hydrogen-bond acceptors (Lipinski definition) is 3. The van der Waals surface area contributed by atoms with E-state index in [4.69, 9.17) is 4.74 Å². The molecule has 0 aromatic heterocycles. The van der Waals surface area contributed by atoms with E-state index >= 15 is 0 Å². The molecule has 0 aliphatic heterocycles. The van der Waals surface area contributed by atoms with E-state index in [1.54, 1.807) is 13.0 Å². The lowest BCUT2D eigenvalue weighted by Crippen LogP contribution is -2.64. The van der Waals surface area contributed by atoms with Crippen molar-refractivity contribution in [1.82, 2.24) is 0 Å². The molecule has 3 heteroatoms. The van der Waals surface area contributed by atoms with Gasteiger partial charge in [0, 0.05) is 16.9 Å². The fraction of sp³-hybridized carbons (Fsp3) is 0.700. The number of allylic oxidation sites excluding steroid dienone is 3. The molecule has 0 radical (unpaired) electrons. The third kappa shape index (κ3) is 2.08.